The average molecular weight is 531 g/mol. The largest absolute Gasteiger partial charge is 0.339 e. The minimum absolute atomic E-state index is 0. The van der Waals surface area contributed by atoms with Gasteiger partial charge in [-0.15, -0.1) is 12.4 Å². The number of para-hydroxylation sites is 1. The third kappa shape index (κ3) is 7.02. The molecule has 37 heavy (non-hydrogen) atoms. The lowest BCUT2D eigenvalue weighted by Crippen LogP contribution is -2.58. The van der Waals surface area contributed by atoms with Crippen molar-refractivity contribution < 1.29 is 4.79 Å². The molecule has 4 aliphatic rings. The highest BCUT2D eigenvalue weighted by molar-refractivity contribution is 5.93. The number of hydrogen-bond acceptors (Lipinski definition) is 4. The lowest BCUT2D eigenvalue weighted by atomic mass is 9.84. The molecule has 5 nitrogen and oxygen atoms in total. The molecule has 3 saturated heterocycles. The van der Waals surface area contributed by atoms with Crippen molar-refractivity contribution in [1.82, 2.24) is 14.7 Å². The van der Waals surface area contributed by atoms with Crippen LogP contribution in [0.2, 0.25) is 0 Å². The summed E-state index contributed by atoms with van der Waals surface area (Å²) in [5, 5.41) is 0. The van der Waals surface area contributed by atoms with Crippen molar-refractivity contribution in [3.05, 3.63) is 30.3 Å². The van der Waals surface area contributed by atoms with Crippen molar-refractivity contribution in [1.29, 1.82) is 0 Å². The molecule has 1 amide bonds. The SMILES string of the molecule is Cl.O=C1N(CCCN2CCCCC2)CN(c2ccccc2)C12CCN(C1CCCCCCCCC1)CC2. The third-order valence-electron chi connectivity index (χ3n) is 9.65. The molecule has 5 rings (SSSR count). The number of carbonyl (C=O) groups excluding carboxylic acids is 1. The predicted octanol–water partition coefficient (Wildman–Crippen LogP) is 6.32. The van der Waals surface area contributed by atoms with Crippen LogP contribution in [0.4, 0.5) is 5.69 Å². The first-order valence-electron chi connectivity index (χ1n) is 15.3. The highest BCUT2D eigenvalue weighted by atomic mass is 35.5. The minimum Gasteiger partial charge on any atom is -0.339 e. The topological polar surface area (TPSA) is 30.0 Å². The van der Waals surface area contributed by atoms with Gasteiger partial charge in [0.25, 0.3) is 0 Å². The number of nitrogens with zero attached hydrogens (tertiary/aromatic N) is 4. The lowest BCUT2D eigenvalue weighted by Gasteiger charge is -2.45. The molecule has 1 aromatic carbocycles. The van der Waals surface area contributed by atoms with E-state index in [2.05, 4.69) is 49.9 Å². The second kappa shape index (κ2) is 14.2. The molecule has 6 heteroatoms. The Kier molecular flexibility index (Phi) is 11.0. The van der Waals surface area contributed by atoms with E-state index in [1.807, 2.05) is 0 Å². The first-order chi connectivity index (χ1) is 17.8. The molecule has 1 aromatic rings. The summed E-state index contributed by atoms with van der Waals surface area (Å²) >= 11 is 0. The summed E-state index contributed by atoms with van der Waals surface area (Å²) in [5.41, 5.74) is 0.871. The smallest absolute Gasteiger partial charge is 0.250 e. The molecular formula is C31H51ClN4O. The van der Waals surface area contributed by atoms with Crippen molar-refractivity contribution in [2.75, 3.05) is 50.8 Å². The quantitative estimate of drug-likeness (QED) is 0.430. The maximum atomic E-state index is 14.1. The van der Waals surface area contributed by atoms with Crippen LogP contribution in [0.25, 0.3) is 0 Å². The molecule has 0 N–H and O–H groups in total. The fourth-order valence-electron chi connectivity index (χ4n) is 7.45. The average Bonchev–Trinajstić information content (AvgIpc) is 3.19. The summed E-state index contributed by atoms with van der Waals surface area (Å²) in [4.78, 5) is 24.1. The molecule has 3 heterocycles. The van der Waals surface area contributed by atoms with Gasteiger partial charge in [0.05, 0.1) is 6.67 Å². The Bertz CT molecular complexity index is 797. The molecular weight excluding hydrogens is 480 g/mol. The van der Waals surface area contributed by atoms with Crippen LogP contribution in [0.1, 0.15) is 96.3 Å². The van der Waals surface area contributed by atoms with Gasteiger partial charge in [-0.25, -0.2) is 0 Å². The Morgan fingerprint density at radius 1 is 0.730 bits per heavy atom. The summed E-state index contributed by atoms with van der Waals surface area (Å²) in [7, 11) is 0. The van der Waals surface area contributed by atoms with Crippen LogP contribution in [0.15, 0.2) is 30.3 Å². The van der Waals surface area contributed by atoms with Crippen molar-refractivity contribution >= 4 is 24.0 Å². The molecule has 0 bridgehead atoms. The second-order valence-corrected chi connectivity index (χ2v) is 12.0. The fraction of sp³-hybridized carbons (Fsp3) is 0.774. The Morgan fingerprint density at radius 3 is 1.97 bits per heavy atom. The van der Waals surface area contributed by atoms with Crippen LogP contribution < -0.4 is 4.90 Å². The van der Waals surface area contributed by atoms with Crippen molar-refractivity contribution in [2.45, 2.75) is 108 Å². The molecule has 3 aliphatic heterocycles. The summed E-state index contributed by atoms with van der Waals surface area (Å²) in [6.07, 6.45) is 19.6. The Balaban J connectivity index is 0.00000320. The van der Waals surface area contributed by atoms with E-state index in [0.717, 1.165) is 58.2 Å². The predicted molar refractivity (Wildman–Crippen MR) is 157 cm³/mol. The second-order valence-electron chi connectivity index (χ2n) is 12.0. The van der Waals surface area contributed by atoms with Gasteiger partial charge in [0, 0.05) is 31.4 Å². The van der Waals surface area contributed by atoms with Crippen molar-refractivity contribution in [3.63, 3.8) is 0 Å². The van der Waals surface area contributed by atoms with E-state index < -0.39 is 0 Å². The van der Waals surface area contributed by atoms with Crippen LogP contribution in [0.3, 0.4) is 0 Å². The zero-order valence-corrected chi connectivity index (χ0v) is 23.9. The van der Waals surface area contributed by atoms with E-state index in [4.69, 9.17) is 0 Å². The highest BCUT2D eigenvalue weighted by Gasteiger charge is 2.53. The van der Waals surface area contributed by atoms with Gasteiger partial charge < -0.3 is 19.6 Å². The van der Waals surface area contributed by atoms with Gasteiger partial charge in [0.2, 0.25) is 5.91 Å². The molecule has 4 fully saturated rings. The van der Waals surface area contributed by atoms with Gasteiger partial charge in [-0.1, -0.05) is 69.6 Å². The summed E-state index contributed by atoms with van der Waals surface area (Å²) in [5.74, 6) is 0.399. The van der Waals surface area contributed by atoms with Crippen molar-refractivity contribution in [3.8, 4) is 0 Å². The van der Waals surface area contributed by atoms with Gasteiger partial charge in [-0.3, -0.25) is 4.79 Å². The van der Waals surface area contributed by atoms with E-state index >= 15 is 0 Å². The number of piperidine rings is 2. The summed E-state index contributed by atoms with van der Waals surface area (Å²) < 4.78 is 0. The van der Waals surface area contributed by atoms with Gasteiger partial charge >= 0.3 is 0 Å². The Morgan fingerprint density at radius 2 is 1.32 bits per heavy atom. The lowest BCUT2D eigenvalue weighted by molar-refractivity contribution is -0.134. The molecule has 0 unspecified atom stereocenters. The van der Waals surface area contributed by atoms with Gasteiger partial charge in [-0.05, 0) is 76.7 Å². The number of benzene rings is 1. The van der Waals surface area contributed by atoms with Crippen LogP contribution in [0.5, 0.6) is 0 Å². The Hall–Kier alpha value is -1.30. The molecule has 1 aliphatic carbocycles. The molecule has 0 atom stereocenters. The normalized spacial score (nSPS) is 24.8. The summed E-state index contributed by atoms with van der Waals surface area (Å²) in [6.45, 7) is 7.41. The Labute approximate surface area is 232 Å². The van der Waals surface area contributed by atoms with Crippen LogP contribution in [-0.4, -0.2) is 78.1 Å². The first kappa shape index (κ1) is 28.7. The molecule has 0 radical (unpaired) electrons. The van der Waals surface area contributed by atoms with Gasteiger partial charge in [0.1, 0.15) is 5.54 Å². The van der Waals surface area contributed by atoms with E-state index in [-0.39, 0.29) is 17.9 Å². The van der Waals surface area contributed by atoms with Gasteiger partial charge in [-0.2, -0.15) is 0 Å². The maximum Gasteiger partial charge on any atom is 0.250 e. The number of halogens is 1. The van der Waals surface area contributed by atoms with E-state index in [0.29, 0.717) is 5.91 Å². The molecule has 1 spiro atoms. The monoisotopic (exact) mass is 530 g/mol. The van der Waals surface area contributed by atoms with Crippen LogP contribution >= 0.6 is 12.4 Å². The zero-order valence-electron chi connectivity index (χ0n) is 23.1. The zero-order chi connectivity index (χ0) is 24.6. The van der Waals surface area contributed by atoms with E-state index in [1.165, 1.54) is 95.8 Å². The first-order valence-corrected chi connectivity index (χ1v) is 15.3. The maximum absolute atomic E-state index is 14.1. The van der Waals surface area contributed by atoms with Crippen LogP contribution in [0, 0.1) is 0 Å². The fourth-order valence-corrected chi connectivity index (χ4v) is 7.45. The molecule has 1 saturated carbocycles. The van der Waals surface area contributed by atoms with E-state index in [9.17, 15) is 4.79 Å². The van der Waals surface area contributed by atoms with Crippen LogP contribution in [-0.2, 0) is 4.79 Å². The number of hydrogen-bond donors (Lipinski definition) is 0. The van der Waals surface area contributed by atoms with Crippen molar-refractivity contribution in [2.24, 2.45) is 0 Å². The number of carbonyl (C=O) groups is 1. The number of likely N-dealkylation sites (tertiary alicyclic amines) is 2. The minimum atomic E-state index is -0.348. The number of amides is 1. The number of anilines is 1. The summed E-state index contributed by atoms with van der Waals surface area (Å²) in [6, 6.07) is 11.5. The standard InChI is InChI=1S/C31H50N4O.ClH/c36-30-31(19-25-33(26-20-31)28-15-8-4-2-1-3-5-9-16-28)35(29-17-10-6-11-18-29)27-34(30)24-14-23-32-21-12-7-13-22-32;/h6,10-11,17-18,28H,1-5,7-9,12-16,19-27H2;1H. The molecule has 208 valence electrons. The molecule has 0 aromatic heterocycles. The van der Waals surface area contributed by atoms with E-state index in [1.54, 1.807) is 0 Å². The highest BCUT2D eigenvalue weighted by Crippen LogP contribution is 2.40. The van der Waals surface area contributed by atoms with Gasteiger partial charge in [0.15, 0.2) is 0 Å². The number of rotatable bonds is 6. The third-order valence-corrected chi connectivity index (χ3v) is 9.65.